The van der Waals surface area contributed by atoms with Crippen LogP contribution in [0.5, 0.6) is 0 Å². The highest BCUT2D eigenvalue weighted by molar-refractivity contribution is 7.12. The van der Waals surface area contributed by atoms with Gasteiger partial charge in [0.1, 0.15) is 11.9 Å². The molecule has 0 saturated heterocycles. The molecule has 0 aliphatic carbocycles. The third-order valence-electron chi connectivity index (χ3n) is 4.15. The number of nitrogens with one attached hydrogen (secondary N) is 1. The average molecular weight is 351 g/mol. The number of benzene rings is 2. The molecule has 128 valence electrons. The number of aryl methyl sites for hydroxylation is 2. The van der Waals surface area contributed by atoms with E-state index in [1.165, 1.54) is 5.56 Å². The van der Waals surface area contributed by atoms with Gasteiger partial charge in [-0.05, 0) is 59.1 Å². The molecule has 3 rings (SSSR count). The van der Waals surface area contributed by atoms with Crippen molar-refractivity contribution in [1.29, 1.82) is 0 Å². The number of thiazole rings is 1. The number of anilines is 1. The zero-order valence-corrected chi connectivity index (χ0v) is 15.6. The van der Waals surface area contributed by atoms with Crippen LogP contribution in [0.3, 0.4) is 0 Å². The highest BCUT2D eigenvalue weighted by atomic mass is 32.1. The van der Waals surface area contributed by atoms with Gasteiger partial charge in [-0.1, -0.05) is 37.3 Å². The summed E-state index contributed by atoms with van der Waals surface area (Å²) in [5, 5.41) is 15.2. The van der Waals surface area contributed by atoms with E-state index in [1.54, 1.807) is 11.3 Å². The van der Waals surface area contributed by atoms with Crippen LogP contribution < -0.4 is 9.88 Å². The molecule has 0 aliphatic heterocycles. The van der Waals surface area contributed by atoms with Crippen molar-refractivity contribution in [3.8, 4) is 0 Å². The summed E-state index contributed by atoms with van der Waals surface area (Å²) in [6.07, 6.45) is 3.01. The molecule has 1 atom stereocenters. The molecule has 1 N–H and O–H groups in total. The Balaban J connectivity index is 1.75. The monoisotopic (exact) mass is 351 g/mol. The molecule has 1 unspecified atom stereocenters. The van der Waals surface area contributed by atoms with E-state index in [0.29, 0.717) is 6.04 Å². The van der Waals surface area contributed by atoms with Gasteiger partial charge >= 0.3 is 5.13 Å². The predicted molar refractivity (Wildman–Crippen MR) is 104 cm³/mol. The normalized spacial score (nSPS) is 12.4. The van der Waals surface area contributed by atoms with E-state index in [9.17, 15) is 0 Å². The fourth-order valence-corrected chi connectivity index (χ4v) is 3.37. The van der Waals surface area contributed by atoms with Gasteiger partial charge in [0, 0.05) is 11.1 Å². The molecule has 25 heavy (non-hydrogen) atoms. The maximum absolute atomic E-state index is 4.39. The van der Waals surface area contributed by atoms with Crippen molar-refractivity contribution in [2.75, 3.05) is 5.32 Å². The van der Waals surface area contributed by atoms with Crippen molar-refractivity contribution in [3.05, 3.63) is 71.2 Å². The first-order valence-electron chi connectivity index (χ1n) is 8.44. The Bertz CT molecular complexity index is 855. The summed E-state index contributed by atoms with van der Waals surface area (Å²) in [4.78, 5) is 0. The van der Waals surface area contributed by atoms with Gasteiger partial charge in [-0.15, -0.1) is 0 Å². The predicted octanol–water partition coefficient (Wildman–Crippen LogP) is 5.86. The average Bonchev–Trinajstić information content (AvgIpc) is 3.04. The minimum atomic E-state index is 0.304. The molecule has 0 aliphatic rings. The Hall–Kier alpha value is -2.53. The molecule has 0 fully saturated rings. The largest absolute Gasteiger partial charge is 0.408 e. The summed E-state index contributed by atoms with van der Waals surface area (Å²) >= 11 is 1.58. The van der Waals surface area contributed by atoms with Gasteiger partial charge in [0.15, 0.2) is 0 Å². The van der Waals surface area contributed by atoms with Crippen molar-refractivity contribution < 1.29 is 4.57 Å². The lowest BCUT2D eigenvalue weighted by atomic mass is 10.0. The fourth-order valence-electron chi connectivity index (χ4n) is 2.69. The standard InChI is InChI=1S/C20H22N4S/c1-4-18(16-8-6-5-7-9-16)21-17-10-11-19(15(2)14-17)22-23-20-24(3)12-13-25-20/h5-14,18H,4H2,1-3H3/p+1. The van der Waals surface area contributed by atoms with Gasteiger partial charge in [-0.25, -0.2) is 4.57 Å². The summed E-state index contributed by atoms with van der Waals surface area (Å²) in [7, 11) is 1.97. The first-order valence-corrected chi connectivity index (χ1v) is 9.32. The third-order valence-corrected chi connectivity index (χ3v) is 4.99. The van der Waals surface area contributed by atoms with E-state index >= 15 is 0 Å². The van der Waals surface area contributed by atoms with Crippen LogP contribution in [0, 0.1) is 6.92 Å². The number of hydrogen-bond acceptors (Lipinski definition) is 4. The minimum Gasteiger partial charge on any atom is -0.378 e. The lowest BCUT2D eigenvalue weighted by molar-refractivity contribution is -0.654. The van der Waals surface area contributed by atoms with Crippen LogP contribution in [0.25, 0.3) is 0 Å². The minimum absolute atomic E-state index is 0.304. The molecular weight excluding hydrogens is 328 g/mol. The highest BCUT2D eigenvalue weighted by Crippen LogP contribution is 2.28. The van der Waals surface area contributed by atoms with E-state index < -0.39 is 0 Å². The molecule has 0 radical (unpaired) electrons. The number of azo groups is 1. The summed E-state index contributed by atoms with van der Waals surface area (Å²) in [6, 6.07) is 17.1. The van der Waals surface area contributed by atoms with Crippen molar-refractivity contribution >= 4 is 27.8 Å². The maximum Gasteiger partial charge on any atom is 0.408 e. The summed E-state index contributed by atoms with van der Waals surface area (Å²) in [5.41, 5.74) is 4.41. The molecule has 2 aromatic carbocycles. The molecule has 0 bridgehead atoms. The molecule has 0 saturated carbocycles. The van der Waals surface area contributed by atoms with E-state index in [1.807, 2.05) is 35.3 Å². The number of rotatable bonds is 6. The second-order valence-corrected chi connectivity index (χ2v) is 6.89. The lowest BCUT2D eigenvalue weighted by Gasteiger charge is -2.19. The van der Waals surface area contributed by atoms with Crippen LogP contribution >= 0.6 is 11.3 Å². The zero-order chi connectivity index (χ0) is 17.6. The van der Waals surface area contributed by atoms with E-state index in [-0.39, 0.29) is 0 Å². The Morgan fingerprint density at radius 1 is 1.12 bits per heavy atom. The van der Waals surface area contributed by atoms with Crippen molar-refractivity contribution in [2.24, 2.45) is 17.3 Å². The van der Waals surface area contributed by atoms with Crippen LogP contribution in [0.2, 0.25) is 0 Å². The Morgan fingerprint density at radius 3 is 2.56 bits per heavy atom. The third kappa shape index (κ3) is 4.31. The van der Waals surface area contributed by atoms with Crippen molar-refractivity contribution in [2.45, 2.75) is 26.3 Å². The smallest absolute Gasteiger partial charge is 0.378 e. The molecule has 1 aromatic heterocycles. The number of hydrogen-bond donors (Lipinski definition) is 1. The van der Waals surface area contributed by atoms with Crippen LogP contribution in [0.15, 0.2) is 70.3 Å². The van der Waals surface area contributed by atoms with Crippen molar-refractivity contribution in [1.82, 2.24) is 0 Å². The van der Waals surface area contributed by atoms with Gasteiger partial charge in [-0.3, -0.25) is 0 Å². The Kier molecular flexibility index (Phi) is 5.56. The first-order chi connectivity index (χ1) is 12.2. The quantitative estimate of drug-likeness (QED) is 0.438. The Labute approximate surface area is 152 Å². The van der Waals surface area contributed by atoms with Gasteiger partial charge < -0.3 is 5.32 Å². The van der Waals surface area contributed by atoms with Crippen LogP contribution in [0.1, 0.15) is 30.5 Å². The van der Waals surface area contributed by atoms with Gasteiger partial charge in [0.05, 0.1) is 18.2 Å². The fraction of sp³-hybridized carbons (Fsp3) is 0.250. The number of nitrogens with zero attached hydrogens (tertiary/aromatic N) is 3. The van der Waals surface area contributed by atoms with Gasteiger partial charge in [0.2, 0.25) is 0 Å². The van der Waals surface area contributed by atoms with Gasteiger partial charge in [0.25, 0.3) is 0 Å². The van der Waals surface area contributed by atoms with Crippen molar-refractivity contribution in [3.63, 3.8) is 0 Å². The Morgan fingerprint density at radius 2 is 1.92 bits per heavy atom. The highest BCUT2D eigenvalue weighted by Gasteiger charge is 2.11. The zero-order valence-electron chi connectivity index (χ0n) is 14.8. The van der Waals surface area contributed by atoms with Crippen LogP contribution in [-0.4, -0.2) is 0 Å². The second-order valence-electron chi connectivity index (χ2n) is 6.01. The lowest BCUT2D eigenvalue weighted by Crippen LogP contribution is -2.23. The second kappa shape index (κ2) is 8.03. The van der Waals surface area contributed by atoms with E-state index in [4.69, 9.17) is 0 Å². The van der Waals surface area contributed by atoms with E-state index in [0.717, 1.165) is 28.5 Å². The molecule has 3 aromatic rings. The van der Waals surface area contributed by atoms with E-state index in [2.05, 4.69) is 65.8 Å². The summed E-state index contributed by atoms with van der Waals surface area (Å²) in [6.45, 7) is 4.26. The molecule has 0 spiro atoms. The molecule has 0 amide bonds. The first kappa shape index (κ1) is 17.3. The van der Waals surface area contributed by atoms with Crippen LogP contribution in [0.4, 0.5) is 16.5 Å². The topological polar surface area (TPSA) is 40.6 Å². The number of aromatic nitrogens is 1. The summed E-state index contributed by atoms with van der Waals surface area (Å²) in [5.74, 6) is 0. The maximum atomic E-state index is 4.39. The van der Waals surface area contributed by atoms with Gasteiger partial charge in [-0.2, -0.15) is 0 Å². The molecule has 4 nitrogen and oxygen atoms in total. The summed E-state index contributed by atoms with van der Waals surface area (Å²) < 4.78 is 1.96. The molecule has 5 heteroatoms. The molecular formula is C20H23N4S+. The van der Waals surface area contributed by atoms with Crippen LogP contribution in [-0.2, 0) is 7.05 Å². The SMILES string of the molecule is CCC(Nc1ccc(N=Nc2scc[n+]2C)c(C)c1)c1ccccc1. The molecule has 1 heterocycles.